The zero-order valence-electron chi connectivity index (χ0n) is 44.9. The van der Waals surface area contributed by atoms with E-state index in [1.54, 1.807) is 0 Å². The molecule has 0 spiro atoms. The first-order valence-corrected chi connectivity index (χ1v) is 28.9. The molecule has 1 unspecified atom stereocenters. The highest BCUT2D eigenvalue weighted by Crippen LogP contribution is 2.16. The molecule has 392 valence electrons. The van der Waals surface area contributed by atoms with Gasteiger partial charge in [-0.3, -0.25) is 14.4 Å². The third-order valence-corrected chi connectivity index (χ3v) is 12.5. The molecule has 6 heteroatoms. The van der Waals surface area contributed by atoms with E-state index < -0.39 is 6.10 Å². The molecule has 6 nitrogen and oxygen atoms in total. The third kappa shape index (κ3) is 53.8. The van der Waals surface area contributed by atoms with Crippen LogP contribution in [0.15, 0.2) is 72.9 Å². The summed E-state index contributed by atoms with van der Waals surface area (Å²) in [5.74, 6) is -0.978. The van der Waals surface area contributed by atoms with Gasteiger partial charge in [-0.05, 0) is 77.0 Å². The largest absolute Gasteiger partial charge is 0.462 e. The lowest BCUT2D eigenvalue weighted by Crippen LogP contribution is -2.30. The second-order valence-corrected chi connectivity index (χ2v) is 19.2. The van der Waals surface area contributed by atoms with E-state index in [1.165, 1.54) is 167 Å². The Balaban J connectivity index is 4.45. The highest BCUT2D eigenvalue weighted by atomic mass is 16.6. The molecule has 0 aromatic carbocycles. The zero-order chi connectivity index (χ0) is 49.3. The molecule has 0 heterocycles. The lowest BCUT2D eigenvalue weighted by molar-refractivity contribution is -0.166. The smallest absolute Gasteiger partial charge is 0.306 e. The van der Waals surface area contributed by atoms with Gasteiger partial charge in [0.1, 0.15) is 13.2 Å². The van der Waals surface area contributed by atoms with Gasteiger partial charge in [-0.2, -0.15) is 0 Å². The van der Waals surface area contributed by atoms with E-state index >= 15 is 0 Å². The molecule has 0 fully saturated rings. The van der Waals surface area contributed by atoms with Crippen molar-refractivity contribution in [3.8, 4) is 0 Å². The van der Waals surface area contributed by atoms with Crippen molar-refractivity contribution < 1.29 is 28.6 Å². The maximum atomic E-state index is 12.9. The first-order valence-electron chi connectivity index (χ1n) is 28.9. The van der Waals surface area contributed by atoms with E-state index in [1.807, 2.05) is 6.08 Å². The van der Waals surface area contributed by atoms with Crippen molar-refractivity contribution in [2.75, 3.05) is 13.2 Å². The minimum Gasteiger partial charge on any atom is -0.462 e. The maximum absolute atomic E-state index is 12.9. The number of rotatable bonds is 52. The predicted octanol–water partition coefficient (Wildman–Crippen LogP) is 19.4. The molecule has 0 bridgehead atoms. The van der Waals surface area contributed by atoms with E-state index in [0.717, 1.165) is 70.6 Å². The molecule has 0 aromatic rings. The molecule has 0 N–H and O–H groups in total. The van der Waals surface area contributed by atoms with Crippen molar-refractivity contribution in [1.82, 2.24) is 0 Å². The van der Waals surface area contributed by atoms with Gasteiger partial charge >= 0.3 is 17.9 Å². The van der Waals surface area contributed by atoms with E-state index in [2.05, 4.69) is 87.6 Å². The molecule has 0 aliphatic heterocycles. The number of carbonyl (C=O) groups excluding carboxylic acids is 3. The van der Waals surface area contributed by atoms with E-state index in [4.69, 9.17) is 14.2 Å². The monoisotopic (exact) mass is 949 g/mol. The van der Waals surface area contributed by atoms with Crippen LogP contribution in [0.4, 0.5) is 0 Å². The van der Waals surface area contributed by atoms with Crippen LogP contribution in [-0.4, -0.2) is 37.2 Å². The third-order valence-electron chi connectivity index (χ3n) is 12.5. The molecule has 0 radical (unpaired) electrons. The van der Waals surface area contributed by atoms with Crippen molar-refractivity contribution in [2.24, 2.45) is 0 Å². The summed E-state index contributed by atoms with van der Waals surface area (Å²) in [4.78, 5) is 38.1. The van der Waals surface area contributed by atoms with Gasteiger partial charge in [0.25, 0.3) is 0 Å². The lowest BCUT2D eigenvalue weighted by Gasteiger charge is -2.18. The lowest BCUT2D eigenvalue weighted by atomic mass is 10.0. The summed E-state index contributed by atoms with van der Waals surface area (Å²) < 4.78 is 16.8. The highest BCUT2D eigenvalue weighted by molar-refractivity contribution is 5.71. The predicted molar refractivity (Wildman–Crippen MR) is 293 cm³/mol. The summed E-state index contributed by atoms with van der Waals surface area (Å²) in [7, 11) is 0. The van der Waals surface area contributed by atoms with Crippen LogP contribution in [-0.2, 0) is 28.6 Å². The van der Waals surface area contributed by atoms with Crippen molar-refractivity contribution in [1.29, 1.82) is 0 Å². The second-order valence-electron chi connectivity index (χ2n) is 19.2. The number of hydrogen-bond donors (Lipinski definition) is 0. The summed E-state index contributed by atoms with van der Waals surface area (Å²) in [5, 5.41) is 0. The molecule has 0 aromatic heterocycles. The fourth-order valence-corrected chi connectivity index (χ4v) is 8.13. The van der Waals surface area contributed by atoms with Gasteiger partial charge in [0, 0.05) is 19.3 Å². The molecule has 0 saturated heterocycles. The molecule has 0 amide bonds. The molecular weight excluding hydrogens is 841 g/mol. The number of carbonyl (C=O) groups is 3. The van der Waals surface area contributed by atoms with E-state index in [-0.39, 0.29) is 37.5 Å². The van der Waals surface area contributed by atoms with Gasteiger partial charge in [0.05, 0.1) is 0 Å². The highest BCUT2D eigenvalue weighted by Gasteiger charge is 2.19. The van der Waals surface area contributed by atoms with Crippen LogP contribution < -0.4 is 0 Å². The Morgan fingerprint density at radius 2 is 0.603 bits per heavy atom. The van der Waals surface area contributed by atoms with Crippen LogP contribution in [0.3, 0.4) is 0 Å². The van der Waals surface area contributed by atoms with Crippen molar-refractivity contribution >= 4 is 17.9 Å². The Bertz CT molecular complexity index is 1270. The molecule has 0 aliphatic carbocycles. The Kier molecular flexibility index (Phi) is 53.8. The van der Waals surface area contributed by atoms with Crippen molar-refractivity contribution in [2.45, 2.75) is 290 Å². The van der Waals surface area contributed by atoms with Crippen LogP contribution >= 0.6 is 0 Å². The minimum atomic E-state index is -0.805. The van der Waals surface area contributed by atoms with Gasteiger partial charge in [-0.15, -0.1) is 0 Å². The number of esters is 3. The maximum Gasteiger partial charge on any atom is 0.306 e. The van der Waals surface area contributed by atoms with Crippen LogP contribution in [0.1, 0.15) is 284 Å². The average molecular weight is 950 g/mol. The molecule has 0 aliphatic rings. The first kappa shape index (κ1) is 64.8. The summed E-state index contributed by atoms with van der Waals surface area (Å²) in [6.45, 7) is 6.48. The van der Waals surface area contributed by atoms with Crippen molar-refractivity contribution in [3.05, 3.63) is 72.9 Å². The summed E-state index contributed by atoms with van der Waals surface area (Å²) in [5.41, 5.74) is 0. The molecule has 0 saturated carbocycles. The molecule has 1 atom stereocenters. The average Bonchev–Trinajstić information content (AvgIpc) is 3.34. The molecule has 0 rings (SSSR count). The summed E-state index contributed by atoms with van der Waals surface area (Å²) in [6, 6.07) is 0. The van der Waals surface area contributed by atoms with Crippen LogP contribution in [0.5, 0.6) is 0 Å². The first-order chi connectivity index (χ1) is 33.5. The van der Waals surface area contributed by atoms with Crippen LogP contribution in [0.2, 0.25) is 0 Å². The fraction of sp³-hybridized carbons (Fsp3) is 0.758. The van der Waals surface area contributed by atoms with Gasteiger partial charge < -0.3 is 14.2 Å². The van der Waals surface area contributed by atoms with Crippen LogP contribution in [0.25, 0.3) is 0 Å². The normalized spacial score (nSPS) is 12.6. The SMILES string of the molecule is CC/C=C\C/C=C\C/C=C\C/C=C\C/C=C\CCC(=O)OCC(COC(=O)CCCCCCCCC/C=C\CCCCCCCC)OC(=O)CCCCCCCCCCCCCCCCCCC. The van der Waals surface area contributed by atoms with Gasteiger partial charge in [0.15, 0.2) is 6.10 Å². The Morgan fingerprint density at radius 3 is 0.985 bits per heavy atom. The summed E-state index contributed by atoms with van der Waals surface area (Å²) >= 11 is 0. The number of hydrogen-bond acceptors (Lipinski definition) is 6. The Morgan fingerprint density at radius 1 is 0.309 bits per heavy atom. The number of unbranched alkanes of at least 4 members (excludes halogenated alkanes) is 29. The molecular formula is C62H108O6. The quantitative estimate of drug-likeness (QED) is 0.0262. The topological polar surface area (TPSA) is 78.9 Å². The van der Waals surface area contributed by atoms with E-state index in [9.17, 15) is 14.4 Å². The minimum absolute atomic E-state index is 0.0981. The number of allylic oxidation sites excluding steroid dienone is 12. The Hall–Kier alpha value is -3.15. The fourth-order valence-electron chi connectivity index (χ4n) is 8.13. The molecule has 68 heavy (non-hydrogen) atoms. The standard InChI is InChI=1S/C62H108O6/c1-4-7-10-13-16-19-22-25-28-31-34-37-40-43-46-49-52-55-61(64)67-58-59(57-66-60(63)54-51-48-45-42-39-36-33-30-27-24-21-18-15-12-9-6-3)68-62(65)56-53-50-47-44-41-38-35-32-29-26-23-20-17-14-11-8-5-2/h9,12,18,21,25,27-28,30,36,39,45,48,59H,4-8,10-11,13-17,19-20,22-24,26,29,31-35,37-38,40-44,46-47,49-58H2,1-3H3/b12-9-,21-18-,28-25-,30-27-,39-36-,48-45-. The van der Waals surface area contributed by atoms with Gasteiger partial charge in [0.2, 0.25) is 0 Å². The van der Waals surface area contributed by atoms with Crippen molar-refractivity contribution in [3.63, 3.8) is 0 Å². The number of ether oxygens (including phenoxy) is 3. The van der Waals surface area contributed by atoms with E-state index in [0.29, 0.717) is 19.3 Å². The van der Waals surface area contributed by atoms with Gasteiger partial charge in [-0.1, -0.05) is 261 Å². The Labute approximate surface area is 421 Å². The van der Waals surface area contributed by atoms with Crippen LogP contribution in [0, 0.1) is 0 Å². The zero-order valence-corrected chi connectivity index (χ0v) is 44.9. The summed E-state index contributed by atoms with van der Waals surface area (Å²) in [6.07, 6.45) is 71.9. The second kappa shape index (κ2) is 56.4. The van der Waals surface area contributed by atoms with Gasteiger partial charge in [-0.25, -0.2) is 0 Å².